The van der Waals surface area contributed by atoms with Crippen molar-refractivity contribution in [2.75, 3.05) is 19.5 Å². The number of carbonyl (C=O) groups excluding carboxylic acids is 1. The number of hydrogen-bond acceptors (Lipinski definition) is 5. The number of nitrogens with zero attached hydrogens (tertiary/aromatic N) is 2. The lowest BCUT2D eigenvalue weighted by molar-refractivity contribution is -0.119. The number of rotatable bonds is 8. The van der Waals surface area contributed by atoms with E-state index in [1.807, 2.05) is 19.1 Å². The Morgan fingerprint density at radius 3 is 2.78 bits per heavy atom. The lowest BCUT2D eigenvalue weighted by atomic mass is 10.1. The Kier molecular flexibility index (Phi) is 6.61. The molecule has 0 aliphatic rings. The molecule has 0 bridgehead atoms. The largest absolute Gasteiger partial charge is 0.383 e. The summed E-state index contributed by atoms with van der Waals surface area (Å²) in [5, 5.41) is 10.5. The van der Waals surface area contributed by atoms with Crippen LogP contribution in [0.15, 0.2) is 29.4 Å². The molecule has 1 aromatic carbocycles. The van der Waals surface area contributed by atoms with E-state index >= 15 is 0 Å². The number of ether oxygens (including phenoxy) is 1. The van der Waals surface area contributed by atoms with E-state index in [0.717, 1.165) is 12.0 Å². The number of aromatic nitrogens is 3. The highest BCUT2D eigenvalue weighted by molar-refractivity contribution is 7.99. The van der Waals surface area contributed by atoms with Crippen LogP contribution in [0.25, 0.3) is 11.4 Å². The Hall–Kier alpha value is -1.86. The van der Waals surface area contributed by atoms with Gasteiger partial charge in [0.25, 0.3) is 0 Å². The molecule has 1 heterocycles. The number of H-pyrrole nitrogens is 1. The van der Waals surface area contributed by atoms with Gasteiger partial charge in [0, 0.05) is 18.7 Å². The van der Waals surface area contributed by atoms with Crippen LogP contribution in [0.3, 0.4) is 0 Å². The molecule has 1 amide bonds. The summed E-state index contributed by atoms with van der Waals surface area (Å²) < 4.78 is 4.98. The molecule has 23 heavy (non-hydrogen) atoms. The third-order valence-corrected chi connectivity index (χ3v) is 4.10. The van der Waals surface area contributed by atoms with Crippen molar-refractivity contribution in [1.82, 2.24) is 20.5 Å². The van der Waals surface area contributed by atoms with Gasteiger partial charge in [-0.2, -0.15) is 0 Å². The molecule has 2 rings (SSSR count). The van der Waals surface area contributed by atoms with Crippen LogP contribution in [0.1, 0.15) is 19.4 Å². The predicted molar refractivity (Wildman–Crippen MR) is 91.4 cm³/mol. The lowest BCUT2D eigenvalue weighted by Crippen LogP contribution is -2.36. The number of hydrogen-bond donors (Lipinski definition) is 2. The van der Waals surface area contributed by atoms with E-state index in [1.54, 1.807) is 7.11 Å². The van der Waals surface area contributed by atoms with Crippen LogP contribution in [0.2, 0.25) is 0 Å². The Balaban J connectivity index is 1.88. The number of carbonyl (C=O) groups is 1. The fourth-order valence-corrected chi connectivity index (χ4v) is 2.69. The zero-order valence-electron chi connectivity index (χ0n) is 13.6. The summed E-state index contributed by atoms with van der Waals surface area (Å²) in [6.07, 6.45) is 1.01. The number of nitrogens with one attached hydrogen (secondary N) is 2. The van der Waals surface area contributed by atoms with E-state index in [2.05, 4.69) is 39.6 Å². The highest BCUT2D eigenvalue weighted by Gasteiger charge is 2.11. The molecule has 0 fully saturated rings. The minimum atomic E-state index is -0.0572. The van der Waals surface area contributed by atoms with Gasteiger partial charge in [-0.3, -0.25) is 9.89 Å². The molecule has 2 aromatic rings. The van der Waals surface area contributed by atoms with Gasteiger partial charge in [-0.1, -0.05) is 43.0 Å². The first-order valence-electron chi connectivity index (χ1n) is 7.55. The van der Waals surface area contributed by atoms with Gasteiger partial charge in [0.15, 0.2) is 5.82 Å². The SMILES string of the molecule is CCc1ccc(-c2nc(SCC(=O)N[C@@H](C)COC)n[nH]2)cc1. The molecule has 0 radical (unpaired) electrons. The molecule has 2 N–H and O–H groups in total. The van der Waals surface area contributed by atoms with E-state index < -0.39 is 0 Å². The second-order valence-corrected chi connectivity index (χ2v) is 6.17. The number of methoxy groups -OCH3 is 1. The molecule has 0 spiro atoms. The predicted octanol–water partition coefficient (Wildman–Crippen LogP) is 2.28. The van der Waals surface area contributed by atoms with Crippen molar-refractivity contribution in [2.45, 2.75) is 31.5 Å². The molecule has 6 nitrogen and oxygen atoms in total. The summed E-state index contributed by atoms with van der Waals surface area (Å²) in [7, 11) is 1.61. The van der Waals surface area contributed by atoms with Crippen LogP contribution in [-0.2, 0) is 16.0 Å². The first kappa shape index (κ1) is 17.5. The molecule has 0 aliphatic carbocycles. The van der Waals surface area contributed by atoms with Gasteiger partial charge < -0.3 is 10.1 Å². The maximum Gasteiger partial charge on any atom is 0.230 e. The van der Waals surface area contributed by atoms with E-state index in [9.17, 15) is 4.79 Å². The molecule has 0 unspecified atom stereocenters. The summed E-state index contributed by atoms with van der Waals surface area (Å²) in [5.74, 6) is 0.932. The van der Waals surface area contributed by atoms with Gasteiger partial charge in [0.05, 0.1) is 12.4 Å². The summed E-state index contributed by atoms with van der Waals surface area (Å²) in [6.45, 7) is 4.52. The smallest absolute Gasteiger partial charge is 0.230 e. The van der Waals surface area contributed by atoms with Crippen molar-refractivity contribution in [3.8, 4) is 11.4 Å². The van der Waals surface area contributed by atoms with Gasteiger partial charge in [0.1, 0.15) is 0 Å². The van der Waals surface area contributed by atoms with Crippen LogP contribution >= 0.6 is 11.8 Å². The van der Waals surface area contributed by atoms with Crippen molar-refractivity contribution < 1.29 is 9.53 Å². The molecular weight excluding hydrogens is 312 g/mol. The molecule has 0 aliphatic heterocycles. The number of thioether (sulfide) groups is 1. The lowest BCUT2D eigenvalue weighted by Gasteiger charge is -2.11. The van der Waals surface area contributed by atoms with Gasteiger partial charge in [0.2, 0.25) is 11.1 Å². The molecule has 0 saturated heterocycles. The molecule has 1 aromatic heterocycles. The Morgan fingerprint density at radius 1 is 1.39 bits per heavy atom. The molecule has 124 valence electrons. The highest BCUT2D eigenvalue weighted by Crippen LogP contribution is 2.19. The Labute approximate surface area is 140 Å². The fraction of sp³-hybridized carbons (Fsp3) is 0.438. The highest BCUT2D eigenvalue weighted by atomic mass is 32.2. The summed E-state index contributed by atoms with van der Waals surface area (Å²) in [4.78, 5) is 16.2. The van der Waals surface area contributed by atoms with Crippen molar-refractivity contribution in [1.29, 1.82) is 0 Å². The molecule has 7 heteroatoms. The normalized spacial score (nSPS) is 12.1. The minimum absolute atomic E-state index is 0.00659. The molecule has 0 saturated carbocycles. The summed E-state index contributed by atoms with van der Waals surface area (Å²) in [5.41, 5.74) is 2.27. The first-order valence-corrected chi connectivity index (χ1v) is 8.53. The topological polar surface area (TPSA) is 79.9 Å². The van der Waals surface area contributed by atoms with Crippen LogP contribution in [0, 0.1) is 0 Å². The number of amides is 1. The van der Waals surface area contributed by atoms with Crippen molar-refractivity contribution >= 4 is 17.7 Å². The van der Waals surface area contributed by atoms with Crippen LogP contribution in [-0.4, -0.2) is 46.6 Å². The number of aromatic amines is 1. The second-order valence-electron chi connectivity index (χ2n) is 5.23. The summed E-state index contributed by atoms with van der Waals surface area (Å²) >= 11 is 1.31. The van der Waals surface area contributed by atoms with Crippen molar-refractivity contribution in [3.63, 3.8) is 0 Å². The Bertz CT molecular complexity index is 627. The first-order chi connectivity index (χ1) is 11.1. The minimum Gasteiger partial charge on any atom is -0.383 e. The van der Waals surface area contributed by atoms with Crippen molar-refractivity contribution in [2.24, 2.45) is 0 Å². The molecular formula is C16H22N4O2S. The standard InChI is InChI=1S/C16H22N4O2S/c1-4-12-5-7-13(8-6-12)15-18-16(20-19-15)23-10-14(21)17-11(2)9-22-3/h5-8,11H,4,9-10H2,1-3H3,(H,17,21)(H,18,19,20)/t11-/m0/s1. The van der Waals surface area contributed by atoms with Crippen LogP contribution in [0.4, 0.5) is 0 Å². The maximum atomic E-state index is 11.8. The monoisotopic (exact) mass is 334 g/mol. The zero-order chi connectivity index (χ0) is 16.7. The van der Waals surface area contributed by atoms with E-state index in [0.29, 0.717) is 17.6 Å². The van der Waals surface area contributed by atoms with E-state index in [-0.39, 0.29) is 17.7 Å². The van der Waals surface area contributed by atoms with Crippen LogP contribution in [0.5, 0.6) is 0 Å². The summed E-state index contributed by atoms with van der Waals surface area (Å²) in [6, 6.07) is 8.19. The number of benzene rings is 1. The zero-order valence-corrected chi connectivity index (χ0v) is 14.4. The quantitative estimate of drug-likeness (QED) is 0.724. The van der Waals surface area contributed by atoms with Crippen LogP contribution < -0.4 is 5.32 Å². The van der Waals surface area contributed by atoms with Gasteiger partial charge in [-0.15, -0.1) is 5.10 Å². The second kappa shape index (κ2) is 8.69. The van der Waals surface area contributed by atoms with Crippen molar-refractivity contribution in [3.05, 3.63) is 29.8 Å². The number of aryl methyl sites for hydroxylation is 1. The van der Waals surface area contributed by atoms with Gasteiger partial charge in [-0.25, -0.2) is 4.98 Å². The van der Waals surface area contributed by atoms with E-state index in [4.69, 9.17) is 4.74 Å². The van der Waals surface area contributed by atoms with E-state index in [1.165, 1.54) is 17.3 Å². The maximum absolute atomic E-state index is 11.8. The fourth-order valence-electron chi connectivity index (χ4n) is 2.08. The third kappa shape index (κ3) is 5.37. The van der Waals surface area contributed by atoms with Gasteiger partial charge >= 0.3 is 0 Å². The third-order valence-electron chi connectivity index (χ3n) is 3.26. The molecule has 1 atom stereocenters. The van der Waals surface area contributed by atoms with Gasteiger partial charge in [-0.05, 0) is 18.9 Å². The average Bonchev–Trinajstić information content (AvgIpc) is 3.02. The average molecular weight is 334 g/mol. The Morgan fingerprint density at radius 2 is 2.13 bits per heavy atom.